The minimum atomic E-state index is -0.111. The van der Waals surface area contributed by atoms with Gasteiger partial charge in [0, 0.05) is 28.8 Å². The average molecular weight is 315 g/mol. The summed E-state index contributed by atoms with van der Waals surface area (Å²) in [6.45, 7) is 0. The van der Waals surface area contributed by atoms with Crippen LogP contribution in [0.4, 0.5) is 0 Å². The SMILES string of the molecule is Cn1cc(CC(N)c2ccc(Br)cc2Cl)cn1. The van der Waals surface area contributed by atoms with Crippen molar-refractivity contribution in [1.29, 1.82) is 0 Å². The lowest BCUT2D eigenvalue weighted by Gasteiger charge is -2.12. The molecule has 0 amide bonds. The maximum absolute atomic E-state index is 6.16. The normalized spacial score (nSPS) is 12.7. The number of aryl methyl sites for hydroxylation is 1. The van der Waals surface area contributed by atoms with E-state index < -0.39 is 0 Å². The summed E-state index contributed by atoms with van der Waals surface area (Å²) >= 11 is 9.54. The first-order chi connectivity index (χ1) is 8.06. The van der Waals surface area contributed by atoms with Crippen molar-refractivity contribution in [2.45, 2.75) is 12.5 Å². The van der Waals surface area contributed by atoms with Gasteiger partial charge >= 0.3 is 0 Å². The lowest BCUT2D eigenvalue weighted by molar-refractivity contribution is 0.719. The number of nitrogens with zero attached hydrogens (tertiary/aromatic N) is 2. The summed E-state index contributed by atoms with van der Waals surface area (Å²) in [4.78, 5) is 0. The summed E-state index contributed by atoms with van der Waals surface area (Å²) in [6, 6.07) is 5.65. The monoisotopic (exact) mass is 313 g/mol. The molecular weight excluding hydrogens is 302 g/mol. The molecule has 1 heterocycles. The lowest BCUT2D eigenvalue weighted by atomic mass is 10.0. The van der Waals surface area contributed by atoms with E-state index in [1.807, 2.05) is 37.6 Å². The molecule has 3 nitrogen and oxygen atoms in total. The summed E-state index contributed by atoms with van der Waals surface area (Å²) in [5.41, 5.74) is 8.22. The van der Waals surface area contributed by atoms with Crippen molar-refractivity contribution in [2.24, 2.45) is 12.8 Å². The molecule has 0 saturated heterocycles. The van der Waals surface area contributed by atoms with Crippen molar-refractivity contribution in [1.82, 2.24) is 9.78 Å². The van der Waals surface area contributed by atoms with Crippen LogP contribution in [-0.4, -0.2) is 9.78 Å². The Balaban J connectivity index is 2.17. The van der Waals surface area contributed by atoms with E-state index in [2.05, 4.69) is 21.0 Å². The van der Waals surface area contributed by atoms with E-state index in [-0.39, 0.29) is 6.04 Å². The van der Waals surface area contributed by atoms with Crippen LogP contribution in [0, 0.1) is 0 Å². The molecule has 17 heavy (non-hydrogen) atoms. The molecule has 0 bridgehead atoms. The highest BCUT2D eigenvalue weighted by Gasteiger charge is 2.12. The van der Waals surface area contributed by atoms with Crippen molar-refractivity contribution in [3.63, 3.8) is 0 Å². The van der Waals surface area contributed by atoms with Gasteiger partial charge in [0.05, 0.1) is 6.20 Å². The predicted octanol–water partition coefficient (Wildman–Crippen LogP) is 3.08. The molecule has 0 radical (unpaired) electrons. The van der Waals surface area contributed by atoms with Crippen LogP contribution in [0.1, 0.15) is 17.2 Å². The number of hydrogen-bond donors (Lipinski definition) is 1. The fourth-order valence-corrected chi connectivity index (χ4v) is 2.56. The van der Waals surface area contributed by atoms with Crippen LogP contribution in [-0.2, 0) is 13.5 Å². The second-order valence-electron chi connectivity index (χ2n) is 4.00. The van der Waals surface area contributed by atoms with E-state index in [0.717, 1.165) is 22.0 Å². The van der Waals surface area contributed by atoms with Crippen molar-refractivity contribution in [2.75, 3.05) is 0 Å². The van der Waals surface area contributed by atoms with Crippen LogP contribution in [0.15, 0.2) is 35.1 Å². The molecule has 0 aliphatic carbocycles. The number of benzene rings is 1. The first-order valence-corrected chi connectivity index (χ1v) is 6.41. The smallest absolute Gasteiger partial charge is 0.0522 e. The predicted molar refractivity (Wildman–Crippen MR) is 73.0 cm³/mol. The molecule has 2 rings (SSSR count). The van der Waals surface area contributed by atoms with Crippen LogP contribution in [0.3, 0.4) is 0 Å². The van der Waals surface area contributed by atoms with E-state index in [1.165, 1.54) is 0 Å². The van der Waals surface area contributed by atoms with Crippen LogP contribution in [0.25, 0.3) is 0 Å². The number of hydrogen-bond acceptors (Lipinski definition) is 2. The van der Waals surface area contributed by atoms with E-state index in [9.17, 15) is 0 Å². The highest BCUT2D eigenvalue weighted by atomic mass is 79.9. The molecule has 1 atom stereocenters. The van der Waals surface area contributed by atoms with E-state index >= 15 is 0 Å². The quantitative estimate of drug-likeness (QED) is 0.946. The van der Waals surface area contributed by atoms with Gasteiger partial charge in [0.25, 0.3) is 0 Å². The van der Waals surface area contributed by atoms with E-state index in [4.69, 9.17) is 17.3 Å². The standard InChI is InChI=1S/C12H13BrClN3/c1-17-7-8(6-16-17)4-12(15)10-3-2-9(13)5-11(10)14/h2-3,5-7,12H,4,15H2,1H3. The van der Waals surface area contributed by atoms with Crippen LogP contribution in [0.2, 0.25) is 5.02 Å². The zero-order chi connectivity index (χ0) is 12.4. The van der Waals surface area contributed by atoms with Crippen molar-refractivity contribution in [3.8, 4) is 0 Å². The Morgan fingerprint density at radius 2 is 2.29 bits per heavy atom. The molecule has 2 aromatic rings. The third-order valence-electron chi connectivity index (χ3n) is 2.58. The number of halogens is 2. The van der Waals surface area contributed by atoms with Gasteiger partial charge in [-0.2, -0.15) is 5.10 Å². The Kier molecular flexibility index (Phi) is 3.86. The van der Waals surface area contributed by atoms with Gasteiger partial charge < -0.3 is 5.73 Å². The van der Waals surface area contributed by atoms with Gasteiger partial charge in [0.15, 0.2) is 0 Å². The highest BCUT2D eigenvalue weighted by Crippen LogP contribution is 2.27. The zero-order valence-corrected chi connectivity index (χ0v) is 11.7. The molecule has 0 spiro atoms. The Morgan fingerprint density at radius 1 is 1.53 bits per heavy atom. The zero-order valence-electron chi connectivity index (χ0n) is 9.40. The van der Waals surface area contributed by atoms with Gasteiger partial charge in [-0.25, -0.2) is 0 Å². The maximum atomic E-state index is 6.16. The minimum absolute atomic E-state index is 0.111. The van der Waals surface area contributed by atoms with Gasteiger partial charge in [-0.3, -0.25) is 4.68 Å². The maximum Gasteiger partial charge on any atom is 0.0522 e. The van der Waals surface area contributed by atoms with Gasteiger partial charge in [0.2, 0.25) is 0 Å². The molecule has 2 N–H and O–H groups in total. The molecule has 1 unspecified atom stereocenters. The van der Waals surface area contributed by atoms with Crippen molar-refractivity contribution < 1.29 is 0 Å². The lowest BCUT2D eigenvalue weighted by Crippen LogP contribution is -2.13. The highest BCUT2D eigenvalue weighted by molar-refractivity contribution is 9.10. The van der Waals surface area contributed by atoms with Crippen LogP contribution in [0.5, 0.6) is 0 Å². The number of nitrogens with two attached hydrogens (primary N) is 1. The average Bonchev–Trinajstić information content (AvgIpc) is 2.63. The Bertz CT molecular complexity index is 524. The first kappa shape index (κ1) is 12.6. The number of aromatic nitrogens is 2. The third-order valence-corrected chi connectivity index (χ3v) is 3.40. The second-order valence-corrected chi connectivity index (χ2v) is 5.32. The van der Waals surface area contributed by atoms with Crippen molar-refractivity contribution in [3.05, 3.63) is 51.2 Å². The molecule has 5 heteroatoms. The summed E-state index contributed by atoms with van der Waals surface area (Å²) in [5, 5.41) is 4.81. The minimum Gasteiger partial charge on any atom is -0.324 e. The summed E-state index contributed by atoms with van der Waals surface area (Å²) < 4.78 is 2.73. The second kappa shape index (κ2) is 5.21. The van der Waals surface area contributed by atoms with Gasteiger partial charge in [-0.1, -0.05) is 33.6 Å². The Morgan fingerprint density at radius 3 is 2.88 bits per heavy atom. The summed E-state index contributed by atoms with van der Waals surface area (Å²) in [7, 11) is 1.89. The summed E-state index contributed by atoms with van der Waals surface area (Å²) in [6.07, 6.45) is 4.52. The van der Waals surface area contributed by atoms with Gasteiger partial charge in [-0.05, 0) is 29.7 Å². The molecule has 1 aromatic carbocycles. The van der Waals surface area contributed by atoms with Gasteiger partial charge in [0.1, 0.15) is 0 Å². The van der Waals surface area contributed by atoms with E-state index in [1.54, 1.807) is 4.68 Å². The fourth-order valence-electron chi connectivity index (χ4n) is 1.74. The van der Waals surface area contributed by atoms with E-state index in [0.29, 0.717) is 5.02 Å². The summed E-state index contributed by atoms with van der Waals surface area (Å²) in [5.74, 6) is 0. The molecular formula is C12H13BrClN3. The molecule has 0 aliphatic rings. The third kappa shape index (κ3) is 3.09. The molecule has 90 valence electrons. The topological polar surface area (TPSA) is 43.8 Å². The van der Waals surface area contributed by atoms with Gasteiger partial charge in [-0.15, -0.1) is 0 Å². The molecule has 0 fully saturated rings. The number of rotatable bonds is 3. The fraction of sp³-hybridized carbons (Fsp3) is 0.250. The largest absolute Gasteiger partial charge is 0.324 e. The van der Waals surface area contributed by atoms with Crippen molar-refractivity contribution >= 4 is 27.5 Å². The Hall–Kier alpha value is -0.840. The van der Waals surface area contributed by atoms with Crippen LogP contribution < -0.4 is 5.73 Å². The Labute approximate surface area is 114 Å². The molecule has 0 saturated carbocycles. The molecule has 1 aromatic heterocycles. The molecule has 0 aliphatic heterocycles. The first-order valence-electron chi connectivity index (χ1n) is 5.24. The van der Waals surface area contributed by atoms with Crippen LogP contribution >= 0.6 is 27.5 Å².